The quantitative estimate of drug-likeness (QED) is 0.650. The van der Waals surface area contributed by atoms with E-state index in [2.05, 4.69) is 4.99 Å². The fourth-order valence-corrected chi connectivity index (χ4v) is 3.71. The number of phenolic OH excluding ortho intramolecular Hbond substituents is 1. The van der Waals surface area contributed by atoms with Crippen LogP contribution in [0.4, 0.5) is 5.69 Å². The van der Waals surface area contributed by atoms with Crippen molar-refractivity contribution in [1.82, 2.24) is 0 Å². The fourth-order valence-electron chi connectivity index (χ4n) is 2.68. The number of ether oxygens (including phenoxy) is 3. The molecular formula is C22H21NO6S. The van der Waals surface area contributed by atoms with Crippen LogP contribution in [0.5, 0.6) is 17.2 Å². The van der Waals surface area contributed by atoms with Crippen molar-refractivity contribution in [2.24, 2.45) is 4.99 Å². The number of methoxy groups -OCH3 is 2. The minimum Gasteiger partial charge on any atom is -0.507 e. The molecule has 0 saturated heterocycles. The van der Waals surface area contributed by atoms with E-state index in [1.54, 1.807) is 56.5 Å². The number of carbonyl (C=O) groups excluding carboxylic acids is 1. The molecule has 0 unspecified atom stereocenters. The van der Waals surface area contributed by atoms with Gasteiger partial charge in [-0.2, -0.15) is 0 Å². The molecule has 156 valence electrons. The lowest BCUT2D eigenvalue weighted by Gasteiger charge is -2.05. The summed E-state index contributed by atoms with van der Waals surface area (Å²) in [7, 11) is 3.09. The molecule has 0 aromatic heterocycles. The van der Waals surface area contributed by atoms with Gasteiger partial charge in [0.1, 0.15) is 33.6 Å². The summed E-state index contributed by atoms with van der Waals surface area (Å²) in [6, 6.07) is 11.7. The van der Waals surface area contributed by atoms with Crippen molar-refractivity contribution in [3.05, 3.63) is 64.3 Å². The van der Waals surface area contributed by atoms with Crippen LogP contribution in [0, 0.1) is 0 Å². The highest BCUT2D eigenvalue weighted by Gasteiger charge is 2.33. The van der Waals surface area contributed by atoms with Crippen LogP contribution in [0.25, 0.3) is 6.08 Å². The summed E-state index contributed by atoms with van der Waals surface area (Å²) in [5, 5.41) is 21.2. The molecule has 0 atom stereocenters. The molecule has 1 aliphatic rings. The molecule has 7 nitrogen and oxygen atoms in total. The number of aliphatic hydroxyl groups excluding tert-OH is 1. The topological polar surface area (TPSA) is 97.6 Å². The van der Waals surface area contributed by atoms with Crippen LogP contribution in [0.3, 0.4) is 0 Å². The molecule has 0 spiro atoms. The second-order valence-corrected chi connectivity index (χ2v) is 7.13. The van der Waals surface area contributed by atoms with Gasteiger partial charge < -0.3 is 24.4 Å². The third-order valence-electron chi connectivity index (χ3n) is 4.19. The number of rotatable bonds is 6. The Morgan fingerprint density at radius 2 is 1.73 bits per heavy atom. The van der Waals surface area contributed by atoms with Crippen molar-refractivity contribution in [2.75, 3.05) is 20.8 Å². The molecule has 0 aliphatic carbocycles. The SMILES string of the molecule is CCOC(=O)C1=C(O)/C(=C\c2cc(OC)ccc2O)SC1=Nc1ccc(OC)cc1. The summed E-state index contributed by atoms with van der Waals surface area (Å²) >= 11 is 1.11. The van der Waals surface area contributed by atoms with E-state index < -0.39 is 5.97 Å². The lowest BCUT2D eigenvalue weighted by molar-refractivity contribution is -0.138. The molecule has 2 aromatic rings. The second kappa shape index (κ2) is 9.41. The molecule has 0 saturated carbocycles. The van der Waals surface area contributed by atoms with Gasteiger partial charge in [-0.15, -0.1) is 0 Å². The zero-order chi connectivity index (χ0) is 21.7. The van der Waals surface area contributed by atoms with Gasteiger partial charge in [0.25, 0.3) is 0 Å². The van der Waals surface area contributed by atoms with Gasteiger partial charge in [0, 0.05) is 5.56 Å². The van der Waals surface area contributed by atoms with Gasteiger partial charge >= 0.3 is 5.97 Å². The molecule has 0 amide bonds. The molecular weight excluding hydrogens is 406 g/mol. The zero-order valence-corrected chi connectivity index (χ0v) is 17.5. The predicted molar refractivity (Wildman–Crippen MR) is 117 cm³/mol. The van der Waals surface area contributed by atoms with E-state index >= 15 is 0 Å². The molecule has 2 aromatic carbocycles. The first-order chi connectivity index (χ1) is 14.5. The Balaban J connectivity index is 2.04. The van der Waals surface area contributed by atoms with E-state index in [4.69, 9.17) is 14.2 Å². The molecule has 3 rings (SSSR count). The van der Waals surface area contributed by atoms with Crippen LogP contribution in [0.1, 0.15) is 12.5 Å². The van der Waals surface area contributed by atoms with E-state index in [9.17, 15) is 15.0 Å². The van der Waals surface area contributed by atoms with Crippen molar-refractivity contribution >= 4 is 34.5 Å². The standard InChI is InChI=1S/C22H21NO6S/c1-4-29-22(26)19-20(25)18(12-13-11-16(28-3)9-10-17(13)24)30-21(19)23-14-5-7-15(27-2)8-6-14/h5-12,24-25H,4H2,1-3H3/b18-12+,23-21?. The zero-order valence-electron chi connectivity index (χ0n) is 16.7. The summed E-state index contributed by atoms with van der Waals surface area (Å²) in [6.07, 6.45) is 1.56. The lowest BCUT2D eigenvalue weighted by Crippen LogP contribution is -2.12. The van der Waals surface area contributed by atoms with Crippen LogP contribution in [0.2, 0.25) is 0 Å². The van der Waals surface area contributed by atoms with Gasteiger partial charge in [-0.05, 0) is 55.5 Å². The van der Waals surface area contributed by atoms with E-state index in [1.165, 1.54) is 13.2 Å². The molecule has 0 fully saturated rings. The summed E-state index contributed by atoms with van der Waals surface area (Å²) in [5.41, 5.74) is 0.988. The molecule has 1 aliphatic heterocycles. The first-order valence-electron chi connectivity index (χ1n) is 9.07. The number of aliphatic imine (C=N–C) groups is 1. The molecule has 1 heterocycles. The fraction of sp³-hybridized carbons (Fsp3) is 0.182. The van der Waals surface area contributed by atoms with Crippen LogP contribution in [0.15, 0.2) is 63.7 Å². The average molecular weight is 427 g/mol. The summed E-state index contributed by atoms with van der Waals surface area (Å²) in [5.74, 6) is 0.302. The first kappa shape index (κ1) is 21.3. The van der Waals surface area contributed by atoms with Crippen LogP contribution in [-0.2, 0) is 9.53 Å². The maximum absolute atomic E-state index is 12.5. The van der Waals surface area contributed by atoms with Crippen molar-refractivity contribution in [3.63, 3.8) is 0 Å². The number of aromatic hydroxyl groups is 1. The second-order valence-electron chi connectivity index (χ2n) is 6.09. The maximum Gasteiger partial charge on any atom is 0.344 e. The summed E-state index contributed by atoms with van der Waals surface area (Å²) in [6.45, 7) is 1.84. The van der Waals surface area contributed by atoms with Crippen LogP contribution >= 0.6 is 11.8 Å². The minimum atomic E-state index is -0.673. The lowest BCUT2D eigenvalue weighted by atomic mass is 10.1. The third kappa shape index (κ3) is 4.60. The maximum atomic E-state index is 12.5. The third-order valence-corrected chi connectivity index (χ3v) is 5.21. The Bertz CT molecular complexity index is 1040. The first-order valence-corrected chi connectivity index (χ1v) is 9.88. The minimum absolute atomic E-state index is 0.00919. The smallest absolute Gasteiger partial charge is 0.344 e. The van der Waals surface area contributed by atoms with Crippen molar-refractivity contribution in [3.8, 4) is 17.2 Å². The van der Waals surface area contributed by atoms with E-state index in [1.807, 2.05) is 0 Å². The largest absolute Gasteiger partial charge is 0.507 e. The van der Waals surface area contributed by atoms with E-state index in [0.29, 0.717) is 32.7 Å². The van der Waals surface area contributed by atoms with Gasteiger partial charge in [-0.1, -0.05) is 11.8 Å². The molecule has 8 heteroatoms. The summed E-state index contributed by atoms with van der Waals surface area (Å²) in [4.78, 5) is 17.3. The Morgan fingerprint density at radius 3 is 2.37 bits per heavy atom. The van der Waals surface area contributed by atoms with Crippen LogP contribution < -0.4 is 9.47 Å². The Labute approximate surface area is 178 Å². The van der Waals surface area contributed by atoms with Gasteiger partial charge in [0.05, 0.1) is 31.4 Å². The highest BCUT2D eigenvalue weighted by molar-refractivity contribution is 8.18. The van der Waals surface area contributed by atoms with Crippen molar-refractivity contribution in [2.45, 2.75) is 6.92 Å². The number of aliphatic hydroxyl groups is 1. The van der Waals surface area contributed by atoms with E-state index in [-0.39, 0.29) is 23.7 Å². The number of nitrogens with zero attached hydrogens (tertiary/aromatic N) is 1. The Hall–Kier alpha value is -3.39. The van der Waals surface area contributed by atoms with E-state index in [0.717, 1.165) is 11.8 Å². The average Bonchev–Trinajstić information content (AvgIpc) is 3.05. The van der Waals surface area contributed by atoms with Crippen molar-refractivity contribution in [1.29, 1.82) is 0 Å². The van der Waals surface area contributed by atoms with Crippen LogP contribution in [-0.4, -0.2) is 42.1 Å². The highest BCUT2D eigenvalue weighted by atomic mass is 32.2. The van der Waals surface area contributed by atoms with Gasteiger partial charge in [-0.3, -0.25) is 0 Å². The van der Waals surface area contributed by atoms with Gasteiger partial charge in [-0.25, -0.2) is 9.79 Å². The molecule has 30 heavy (non-hydrogen) atoms. The molecule has 2 N–H and O–H groups in total. The Kier molecular flexibility index (Phi) is 6.68. The monoisotopic (exact) mass is 427 g/mol. The van der Waals surface area contributed by atoms with Gasteiger partial charge in [0.15, 0.2) is 0 Å². The Morgan fingerprint density at radius 1 is 1.07 bits per heavy atom. The number of esters is 1. The number of phenols is 1. The number of carbonyl (C=O) groups is 1. The summed E-state index contributed by atoms with van der Waals surface area (Å²) < 4.78 is 15.4. The number of benzene rings is 2. The predicted octanol–water partition coefficient (Wildman–Crippen LogP) is 4.60. The molecule has 0 radical (unpaired) electrons. The number of hydrogen-bond acceptors (Lipinski definition) is 8. The number of thioether (sulfide) groups is 1. The van der Waals surface area contributed by atoms with Gasteiger partial charge in [0.2, 0.25) is 0 Å². The molecule has 0 bridgehead atoms. The van der Waals surface area contributed by atoms with Crippen molar-refractivity contribution < 1.29 is 29.2 Å². The number of hydrogen-bond donors (Lipinski definition) is 2. The highest BCUT2D eigenvalue weighted by Crippen LogP contribution is 2.41. The normalized spacial score (nSPS) is 16.2.